The van der Waals surface area contributed by atoms with Gasteiger partial charge in [-0.15, -0.1) is 6.42 Å². The summed E-state index contributed by atoms with van der Waals surface area (Å²) in [5.41, 5.74) is 0.456. The maximum absolute atomic E-state index is 12.7. The lowest BCUT2D eigenvalue weighted by Gasteiger charge is -2.35. The number of hydrogen-bond donors (Lipinski definition) is 1. The quantitative estimate of drug-likeness (QED) is 0.777. The third kappa shape index (κ3) is 4.45. The Morgan fingerprint density at radius 2 is 1.81 bits per heavy atom. The number of anilines is 1. The molecule has 0 spiro atoms. The fourth-order valence-electron chi connectivity index (χ4n) is 2.86. The van der Waals surface area contributed by atoms with Crippen molar-refractivity contribution in [3.05, 3.63) is 54.2 Å². The van der Waals surface area contributed by atoms with Gasteiger partial charge >= 0.3 is 0 Å². The Balaban J connectivity index is 1.63. The number of nitrogens with one attached hydrogen (secondary N) is 1. The second-order valence-corrected chi connectivity index (χ2v) is 7.79. The van der Waals surface area contributed by atoms with Crippen LogP contribution in [0, 0.1) is 12.3 Å². The topological polar surface area (TPSA) is 82.6 Å². The van der Waals surface area contributed by atoms with E-state index >= 15 is 0 Å². The van der Waals surface area contributed by atoms with E-state index in [4.69, 9.17) is 6.42 Å². The number of nitrogens with zero attached hydrogens (tertiary/aromatic N) is 3. The molecule has 7 nitrogen and oxygen atoms in total. The first-order valence-electron chi connectivity index (χ1n) is 8.50. The Labute approximate surface area is 159 Å². The number of aromatic nitrogens is 1. The molecule has 2 aromatic rings. The molecule has 1 N–H and O–H groups in total. The Bertz CT molecular complexity index is 929. The summed E-state index contributed by atoms with van der Waals surface area (Å²) in [6, 6.07) is 11.6. The van der Waals surface area contributed by atoms with E-state index in [-0.39, 0.29) is 17.3 Å². The number of carbonyl (C=O) groups is 1. The maximum Gasteiger partial charge on any atom is 0.253 e. The summed E-state index contributed by atoms with van der Waals surface area (Å²) < 4.78 is 26.3. The van der Waals surface area contributed by atoms with Crippen LogP contribution in [-0.4, -0.2) is 56.9 Å². The predicted octanol–water partition coefficient (Wildman–Crippen LogP) is 0.955. The molecule has 3 rings (SSSR count). The average molecular weight is 384 g/mol. The van der Waals surface area contributed by atoms with Crippen LogP contribution in [0.2, 0.25) is 0 Å². The van der Waals surface area contributed by atoms with Gasteiger partial charge in [-0.3, -0.25) is 4.79 Å². The summed E-state index contributed by atoms with van der Waals surface area (Å²) in [6.07, 6.45) is 6.82. The molecule has 1 aliphatic heterocycles. The molecule has 1 aromatic heterocycles. The number of benzene rings is 1. The van der Waals surface area contributed by atoms with E-state index in [2.05, 4.69) is 20.5 Å². The Morgan fingerprint density at radius 3 is 2.41 bits per heavy atom. The molecule has 1 aliphatic rings. The molecular weight excluding hydrogens is 364 g/mol. The van der Waals surface area contributed by atoms with Gasteiger partial charge in [0.15, 0.2) is 0 Å². The van der Waals surface area contributed by atoms with Crippen molar-refractivity contribution in [3.8, 4) is 12.3 Å². The number of terminal acetylenes is 1. The molecule has 1 aromatic carbocycles. The molecule has 0 bridgehead atoms. The fraction of sp³-hybridized carbons (Fsp3) is 0.263. The number of amides is 1. The summed E-state index contributed by atoms with van der Waals surface area (Å²) in [4.78, 5) is 21.0. The van der Waals surface area contributed by atoms with Crippen molar-refractivity contribution in [1.82, 2.24) is 14.6 Å². The highest BCUT2D eigenvalue weighted by Crippen LogP contribution is 2.16. The highest BCUT2D eigenvalue weighted by molar-refractivity contribution is 7.89. The van der Waals surface area contributed by atoms with E-state index < -0.39 is 10.0 Å². The van der Waals surface area contributed by atoms with Gasteiger partial charge in [-0.2, -0.15) is 4.72 Å². The molecule has 140 valence electrons. The summed E-state index contributed by atoms with van der Waals surface area (Å²) in [6.45, 7) is 2.48. The van der Waals surface area contributed by atoms with E-state index in [0.29, 0.717) is 31.7 Å². The third-order valence-corrected chi connectivity index (χ3v) is 5.73. The molecule has 8 heteroatoms. The van der Waals surface area contributed by atoms with E-state index in [1.54, 1.807) is 11.1 Å². The Morgan fingerprint density at radius 1 is 1.11 bits per heavy atom. The largest absolute Gasteiger partial charge is 0.353 e. The van der Waals surface area contributed by atoms with Gasteiger partial charge in [0, 0.05) is 37.9 Å². The highest BCUT2D eigenvalue weighted by atomic mass is 32.2. The SMILES string of the molecule is C#CCNS(=O)(=O)c1ccc(C(=O)N2CCN(c3ccccn3)CC2)cc1. The van der Waals surface area contributed by atoms with Gasteiger partial charge in [0.1, 0.15) is 5.82 Å². The summed E-state index contributed by atoms with van der Waals surface area (Å²) >= 11 is 0. The van der Waals surface area contributed by atoms with Crippen LogP contribution in [0.25, 0.3) is 0 Å². The minimum Gasteiger partial charge on any atom is -0.353 e. The molecule has 1 saturated heterocycles. The van der Waals surface area contributed by atoms with Crippen molar-refractivity contribution in [2.75, 3.05) is 37.6 Å². The normalized spacial score (nSPS) is 14.6. The van der Waals surface area contributed by atoms with Crippen LogP contribution in [0.3, 0.4) is 0 Å². The number of carbonyl (C=O) groups excluding carboxylic acids is 1. The van der Waals surface area contributed by atoms with Crippen molar-refractivity contribution in [1.29, 1.82) is 0 Å². The van der Waals surface area contributed by atoms with Gasteiger partial charge in [0.05, 0.1) is 11.4 Å². The zero-order valence-electron chi connectivity index (χ0n) is 14.7. The first-order chi connectivity index (χ1) is 13.0. The van der Waals surface area contributed by atoms with Crippen molar-refractivity contribution >= 4 is 21.7 Å². The van der Waals surface area contributed by atoms with Crippen LogP contribution in [-0.2, 0) is 10.0 Å². The molecule has 0 aliphatic carbocycles. The second kappa shape index (κ2) is 8.20. The van der Waals surface area contributed by atoms with Crippen LogP contribution in [0.4, 0.5) is 5.82 Å². The molecule has 2 heterocycles. The fourth-order valence-corrected chi connectivity index (χ4v) is 3.79. The molecule has 1 fully saturated rings. The van der Waals surface area contributed by atoms with Crippen LogP contribution < -0.4 is 9.62 Å². The van der Waals surface area contributed by atoms with Gasteiger partial charge in [-0.1, -0.05) is 12.0 Å². The first kappa shape index (κ1) is 18.9. The molecule has 27 heavy (non-hydrogen) atoms. The summed E-state index contributed by atoms with van der Waals surface area (Å²) in [7, 11) is -3.66. The molecule has 0 unspecified atom stereocenters. The number of hydrogen-bond acceptors (Lipinski definition) is 5. The number of sulfonamides is 1. The second-order valence-electron chi connectivity index (χ2n) is 6.02. The van der Waals surface area contributed by atoms with Crippen LogP contribution >= 0.6 is 0 Å². The minimum atomic E-state index is -3.66. The van der Waals surface area contributed by atoms with Gasteiger partial charge in [-0.05, 0) is 36.4 Å². The highest BCUT2D eigenvalue weighted by Gasteiger charge is 2.23. The van der Waals surface area contributed by atoms with E-state index in [9.17, 15) is 13.2 Å². The van der Waals surface area contributed by atoms with E-state index in [0.717, 1.165) is 5.82 Å². The lowest BCUT2D eigenvalue weighted by Crippen LogP contribution is -2.49. The summed E-state index contributed by atoms with van der Waals surface area (Å²) in [5, 5.41) is 0. The van der Waals surface area contributed by atoms with Crippen LogP contribution in [0.5, 0.6) is 0 Å². The smallest absolute Gasteiger partial charge is 0.253 e. The number of rotatable bonds is 5. The van der Waals surface area contributed by atoms with Gasteiger partial charge in [0.25, 0.3) is 5.91 Å². The number of pyridine rings is 1. The lowest BCUT2D eigenvalue weighted by atomic mass is 10.2. The predicted molar refractivity (Wildman–Crippen MR) is 103 cm³/mol. The van der Waals surface area contributed by atoms with Crippen LogP contribution in [0.1, 0.15) is 10.4 Å². The van der Waals surface area contributed by atoms with Gasteiger partial charge in [0.2, 0.25) is 10.0 Å². The van der Waals surface area contributed by atoms with E-state index in [1.165, 1.54) is 24.3 Å². The van der Waals surface area contributed by atoms with Crippen molar-refractivity contribution in [3.63, 3.8) is 0 Å². The monoisotopic (exact) mass is 384 g/mol. The third-order valence-electron chi connectivity index (χ3n) is 4.32. The standard InChI is InChI=1S/C19H20N4O3S/c1-2-10-21-27(25,26)17-8-6-16(7-9-17)19(24)23-14-12-22(13-15-23)18-5-3-4-11-20-18/h1,3-9,11,21H,10,12-15H2. The Hall–Kier alpha value is -2.89. The minimum absolute atomic E-state index is 0.0780. The zero-order valence-corrected chi connectivity index (χ0v) is 15.5. The van der Waals surface area contributed by atoms with Crippen molar-refractivity contribution in [2.24, 2.45) is 0 Å². The van der Waals surface area contributed by atoms with Crippen LogP contribution in [0.15, 0.2) is 53.6 Å². The van der Waals surface area contributed by atoms with Gasteiger partial charge < -0.3 is 9.80 Å². The lowest BCUT2D eigenvalue weighted by molar-refractivity contribution is 0.0746. The average Bonchev–Trinajstić information content (AvgIpc) is 2.72. The molecule has 0 saturated carbocycles. The zero-order chi connectivity index (χ0) is 19.3. The molecule has 1 amide bonds. The first-order valence-corrected chi connectivity index (χ1v) is 9.98. The summed E-state index contributed by atoms with van der Waals surface area (Å²) in [5.74, 6) is 3.01. The van der Waals surface area contributed by atoms with Crippen molar-refractivity contribution in [2.45, 2.75) is 4.90 Å². The Kier molecular flexibility index (Phi) is 5.74. The molecule has 0 radical (unpaired) electrons. The molecular formula is C19H20N4O3S. The van der Waals surface area contributed by atoms with Gasteiger partial charge in [-0.25, -0.2) is 13.4 Å². The maximum atomic E-state index is 12.7. The van der Waals surface area contributed by atoms with E-state index in [1.807, 2.05) is 18.2 Å². The molecule has 0 atom stereocenters. The van der Waals surface area contributed by atoms with Crippen molar-refractivity contribution < 1.29 is 13.2 Å². The number of piperazine rings is 1.